The molecule has 27 heavy (non-hydrogen) atoms. The summed E-state index contributed by atoms with van der Waals surface area (Å²) in [4.78, 5) is 28.5. The molecule has 8 heteroatoms. The molecular formula is C19H19N3O4S. The van der Waals surface area contributed by atoms with Gasteiger partial charge in [0.15, 0.2) is 10.9 Å². The molecule has 7 nitrogen and oxygen atoms in total. The second kappa shape index (κ2) is 7.63. The van der Waals surface area contributed by atoms with Gasteiger partial charge < -0.3 is 19.6 Å². The standard InChI is InChI=1S/C19H19N3O4S/c1-3-11-21-18(25)14(22(19(21)27)12-17(23)24)9-10-16-20(4-2)13-7-5-6-8-15(13)26-16/h3,5-10H,1,4,11-12H2,2H3,(H,23,24)/b14-9+,16-10-. The number of carbonyl (C=O) groups is 2. The third-order valence-corrected chi connectivity index (χ3v) is 4.60. The first-order chi connectivity index (χ1) is 13.0. The lowest BCUT2D eigenvalue weighted by molar-refractivity contribution is -0.137. The van der Waals surface area contributed by atoms with E-state index in [0.717, 1.165) is 11.4 Å². The van der Waals surface area contributed by atoms with Crippen LogP contribution in [0.5, 0.6) is 5.75 Å². The largest absolute Gasteiger partial charge is 0.480 e. The average Bonchev–Trinajstić information content (AvgIpc) is 3.10. The Kier molecular flexibility index (Phi) is 5.27. The van der Waals surface area contributed by atoms with Gasteiger partial charge in [-0.05, 0) is 37.4 Å². The Morgan fingerprint density at radius 3 is 2.67 bits per heavy atom. The summed E-state index contributed by atoms with van der Waals surface area (Å²) in [7, 11) is 0. The Balaban J connectivity index is 1.95. The van der Waals surface area contributed by atoms with Crippen LogP contribution in [0.2, 0.25) is 0 Å². The summed E-state index contributed by atoms with van der Waals surface area (Å²) in [6.45, 7) is 6.10. The van der Waals surface area contributed by atoms with E-state index in [2.05, 4.69) is 6.58 Å². The lowest BCUT2D eigenvalue weighted by Gasteiger charge is -2.17. The number of rotatable bonds is 6. The van der Waals surface area contributed by atoms with Crippen LogP contribution in [0, 0.1) is 0 Å². The molecule has 1 N–H and O–H groups in total. The highest BCUT2D eigenvalue weighted by Crippen LogP contribution is 2.38. The van der Waals surface area contributed by atoms with Crippen LogP contribution in [-0.4, -0.2) is 51.5 Å². The minimum Gasteiger partial charge on any atom is -0.480 e. The van der Waals surface area contributed by atoms with Crippen molar-refractivity contribution < 1.29 is 19.4 Å². The predicted octanol–water partition coefficient (Wildman–Crippen LogP) is 2.33. The molecular weight excluding hydrogens is 366 g/mol. The normalized spacial score (nSPS) is 19.1. The van der Waals surface area contributed by atoms with E-state index in [1.54, 1.807) is 18.2 Å². The zero-order valence-corrected chi connectivity index (χ0v) is 15.6. The van der Waals surface area contributed by atoms with E-state index in [1.165, 1.54) is 9.80 Å². The van der Waals surface area contributed by atoms with E-state index in [-0.39, 0.29) is 23.3 Å². The first-order valence-corrected chi connectivity index (χ1v) is 8.81. The SMILES string of the molecule is C=CCN1C(=O)/C(=C\C=C2/Oc3ccccc3N2CC)N(CC(=O)O)C1=S. The summed E-state index contributed by atoms with van der Waals surface area (Å²) in [6.07, 6.45) is 4.75. The number of hydrogen-bond acceptors (Lipinski definition) is 5. The summed E-state index contributed by atoms with van der Waals surface area (Å²) in [5, 5.41) is 9.31. The second-order valence-electron chi connectivity index (χ2n) is 5.84. The van der Waals surface area contributed by atoms with Crippen LogP contribution in [0.4, 0.5) is 5.69 Å². The molecule has 0 bridgehead atoms. The summed E-state index contributed by atoms with van der Waals surface area (Å²) in [5.74, 6) is -0.157. The highest BCUT2D eigenvalue weighted by atomic mass is 32.1. The molecule has 1 aromatic carbocycles. The number of thiocarbonyl (C=S) groups is 1. The number of amides is 1. The number of para-hydroxylation sites is 2. The first kappa shape index (κ1) is 18.7. The first-order valence-electron chi connectivity index (χ1n) is 8.40. The number of ether oxygens (including phenoxy) is 1. The van der Waals surface area contributed by atoms with E-state index < -0.39 is 12.5 Å². The smallest absolute Gasteiger partial charge is 0.323 e. The van der Waals surface area contributed by atoms with E-state index in [0.29, 0.717) is 12.4 Å². The molecule has 0 unspecified atom stereocenters. The quantitative estimate of drug-likeness (QED) is 0.458. The van der Waals surface area contributed by atoms with Gasteiger partial charge in [-0.2, -0.15) is 0 Å². The van der Waals surface area contributed by atoms with Crippen LogP contribution in [-0.2, 0) is 9.59 Å². The molecule has 0 atom stereocenters. The van der Waals surface area contributed by atoms with Crippen molar-refractivity contribution in [1.29, 1.82) is 0 Å². The third kappa shape index (κ3) is 3.43. The summed E-state index contributed by atoms with van der Waals surface area (Å²) >= 11 is 5.27. The van der Waals surface area contributed by atoms with E-state index >= 15 is 0 Å². The van der Waals surface area contributed by atoms with Crippen LogP contribution >= 0.6 is 12.2 Å². The average molecular weight is 385 g/mol. The highest BCUT2D eigenvalue weighted by molar-refractivity contribution is 7.80. The van der Waals surface area contributed by atoms with Crippen molar-refractivity contribution in [1.82, 2.24) is 9.80 Å². The Morgan fingerprint density at radius 2 is 2.00 bits per heavy atom. The van der Waals surface area contributed by atoms with Crippen molar-refractivity contribution in [2.45, 2.75) is 6.92 Å². The molecule has 2 aliphatic rings. The Hall–Kier alpha value is -3.13. The fourth-order valence-corrected chi connectivity index (χ4v) is 3.30. The number of carboxylic acids is 1. The van der Waals surface area contributed by atoms with Gasteiger partial charge >= 0.3 is 5.97 Å². The molecule has 0 spiro atoms. The molecule has 140 valence electrons. The van der Waals surface area contributed by atoms with Gasteiger partial charge in [-0.3, -0.25) is 14.5 Å². The van der Waals surface area contributed by atoms with E-state index in [4.69, 9.17) is 22.1 Å². The molecule has 0 saturated carbocycles. The Labute approximate surface area is 162 Å². The Bertz CT molecular complexity index is 877. The highest BCUT2D eigenvalue weighted by Gasteiger charge is 2.38. The van der Waals surface area contributed by atoms with Crippen molar-refractivity contribution in [2.75, 3.05) is 24.5 Å². The summed E-state index contributed by atoms with van der Waals surface area (Å²) < 4.78 is 5.86. The second-order valence-corrected chi connectivity index (χ2v) is 6.20. The zero-order chi connectivity index (χ0) is 19.6. The van der Waals surface area contributed by atoms with E-state index in [1.807, 2.05) is 36.1 Å². The lowest BCUT2D eigenvalue weighted by Crippen LogP contribution is -2.35. The number of allylic oxidation sites excluding steroid dienone is 2. The predicted molar refractivity (Wildman–Crippen MR) is 105 cm³/mol. The number of aliphatic carboxylic acids is 1. The molecule has 1 saturated heterocycles. The molecule has 1 amide bonds. The monoisotopic (exact) mass is 385 g/mol. The molecule has 2 aliphatic heterocycles. The van der Waals surface area contributed by atoms with Gasteiger partial charge in [0.2, 0.25) is 5.88 Å². The van der Waals surface area contributed by atoms with Gasteiger partial charge in [0, 0.05) is 19.2 Å². The molecule has 0 aliphatic carbocycles. The third-order valence-electron chi connectivity index (χ3n) is 4.16. The van der Waals surface area contributed by atoms with Gasteiger partial charge in [0.25, 0.3) is 5.91 Å². The molecule has 1 aromatic rings. The fourth-order valence-electron chi connectivity index (χ4n) is 2.98. The van der Waals surface area contributed by atoms with Crippen LogP contribution in [0.25, 0.3) is 0 Å². The number of hydrogen-bond donors (Lipinski definition) is 1. The van der Waals surface area contributed by atoms with Gasteiger partial charge in [-0.15, -0.1) is 6.58 Å². The molecule has 1 fully saturated rings. The number of anilines is 1. The van der Waals surface area contributed by atoms with Gasteiger partial charge in [-0.25, -0.2) is 0 Å². The molecule has 0 aromatic heterocycles. The van der Waals surface area contributed by atoms with Crippen LogP contribution in [0.1, 0.15) is 6.92 Å². The lowest BCUT2D eigenvalue weighted by atomic mass is 10.3. The fraction of sp³-hybridized carbons (Fsp3) is 0.211. The topological polar surface area (TPSA) is 73.3 Å². The van der Waals surface area contributed by atoms with Crippen LogP contribution < -0.4 is 9.64 Å². The van der Waals surface area contributed by atoms with Crippen molar-refractivity contribution in [3.63, 3.8) is 0 Å². The van der Waals surface area contributed by atoms with Crippen molar-refractivity contribution in [3.05, 3.63) is 60.7 Å². The number of benzene rings is 1. The van der Waals surface area contributed by atoms with Gasteiger partial charge in [0.05, 0.1) is 5.69 Å². The van der Waals surface area contributed by atoms with Crippen molar-refractivity contribution >= 4 is 34.9 Å². The summed E-state index contributed by atoms with van der Waals surface area (Å²) in [5.41, 5.74) is 1.13. The number of carboxylic acid groups (broad SMARTS) is 1. The Morgan fingerprint density at radius 1 is 1.26 bits per heavy atom. The van der Waals surface area contributed by atoms with Crippen molar-refractivity contribution in [2.24, 2.45) is 0 Å². The number of carbonyl (C=O) groups excluding carboxylic acids is 1. The minimum absolute atomic E-state index is 0.148. The number of nitrogens with zero attached hydrogens (tertiary/aromatic N) is 3. The van der Waals surface area contributed by atoms with Crippen molar-refractivity contribution in [3.8, 4) is 5.75 Å². The molecule has 0 radical (unpaired) electrons. The minimum atomic E-state index is -1.08. The van der Waals surface area contributed by atoms with Gasteiger partial charge in [-0.1, -0.05) is 18.2 Å². The molecule has 3 rings (SSSR count). The summed E-state index contributed by atoms with van der Waals surface area (Å²) in [6, 6.07) is 7.62. The molecule has 2 heterocycles. The maximum absolute atomic E-state index is 12.7. The number of fused-ring (bicyclic) bond motifs is 1. The van der Waals surface area contributed by atoms with Crippen LogP contribution in [0.3, 0.4) is 0 Å². The van der Waals surface area contributed by atoms with E-state index in [9.17, 15) is 9.59 Å². The maximum atomic E-state index is 12.7. The zero-order valence-electron chi connectivity index (χ0n) is 14.8. The maximum Gasteiger partial charge on any atom is 0.323 e. The van der Waals surface area contributed by atoms with Gasteiger partial charge in [0.1, 0.15) is 12.2 Å². The van der Waals surface area contributed by atoms with Crippen LogP contribution in [0.15, 0.2) is 60.7 Å².